The molecule has 29 heavy (non-hydrogen) atoms. The molecule has 8 heteroatoms. The lowest BCUT2D eigenvalue weighted by Gasteiger charge is -2.23. The van der Waals surface area contributed by atoms with Gasteiger partial charge in [0.1, 0.15) is 24.0 Å². The number of para-hydroxylation sites is 2. The zero-order valence-electron chi connectivity index (χ0n) is 16.8. The van der Waals surface area contributed by atoms with E-state index in [-0.39, 0.29) is 18.3 Å². The SMILES string of the molecule is CCCC1(C)OCc2cnc(C(=O)N[C@H]3COc4ccccc4N(C)C3=O)nc21. The molecule has 2 atom stereocenters. The summed E-state index contributed by atoms with van der Waals surface area (Å²) < 4.78 is 11.6. The topological polar surface area (TPSA) is 93.7 Å². The number of carbonyl (C=O) groups excluding carboxylic acids is 2. The number of rotatable bonds is 4. The Bertz CT molecular complexity index is 959. The summed E-state index contributed by atoms with van der Waals surface area (Å²) in [5, 5.41) is 2.72. The molecule has 0 bridgehead atoms. The highest BCUT2D eigenvalue weighted by Gasteiger charge is 2.38. The van der Waals surface area contributed by atoms with E-state index >= 15 is 0 Å². The van der Waals surface area contributed by atoms with Crippen LogP contribution in [0.2, 0.25) is 0 Å². The molecule has 0 aliphatic carbocycles. The van der Waals surface area contributed by atoms with Crippen LogP contribution < -0.4 is 15.0 Å². The van der Waals surface area contributed by atoms with Gasteiger partial charge in [-0.3, -0.25) is 9.59 Å². The second-order valence-corrected chi connectivity index (χ2v) is 7.54. The van der Waals surface area contributed by atoms with Crippen LogP contribution in [0, 0.1) is 0 Å². The van der Waals surface area contributed by atoms with Gasteiger partial charge in [-0.2, -0.15) is 0 Å². The molecule has 1 N–H and O–H groups in total. The summed E-state index contributed by atoms with van der Waals surface area (Å²) in [7, 11) is 1.66. The molecule has 1 unspecified atom stereocenters. The van der Waals surface area contributed by atoms with Crippen LogP contribution >= 0.6 is 0 Å². The molecule has 0 radical (unpaired) electrons. The Kier molecular flexibility index (Phi) is 4.96. The van der Waals surface area contributed by atoms with Crippen molar-refractivity contribution < 1.29 is 19.1 Å². The van der Waals surface area contributed by atoms with E-state index < -0.39 is 17.6 Å². The predicted molar refractivity (Wildman–Crippen MR) is 106 cm³/mol. The number of amides is 2. The second kappa shape index (κ2) is 7.44. The molecule has 2 amide bonds. The number of hydrogen-bond acceptors (Lipinski definition) is 6. The third-order valence-corrected chi connectivity index (χ3v) is 5.41. The average molecular weight is 396 g/mol. The van der Waals surface area contributed by atoms with Crippen molar-refractivity contribution in [3.8, 4) is 5.75 Å². The van der Waals surface area contributed by atoms with Crippen molar-refractivity contribution in [1.29, 1.82) is 0 Å². The Hall–Kier alpha value is -3.00. The fourth-order valence-corrected chi connectivity index (χ4v) is 3.83. The van der Waals surface area contributed by atoms with Gasteiger partial charge in [-0.1, -0.05) is 25.5 Å². The minimum Gasteiger partial charge on any atom is -0.489 e. The number of fused-ring (bicyclic) bond motifs is 2. The van der Waals surface area contributed by atoms with Crippen LogP contribution in [0.15, 0.2) is 30.5 Å². The van der Waals surface area contributed by atoms with Gasteiger partial charge in [0.05, 0.1) is 18.0 Å². The number of hydrogen-bond donors (Lipinski definition) is 1. The molecular weight excluding hydrogens is 372 g/mol. The van der Waals surface area contributed by atoms with Gasteiger partial charge in [0.25, 0.3) is 11.8 Å². The maximum Gasteiger partial charge on any atom is 0.289 e. The van der Waals surface area contributed by atoms with Crippen LogP contribution in [-0.4, -0.2) is 41.5 Å². The molecule has 0 saturated carbocycles. The van der Waals surface area contributed by atoms with E-state index in [1.54, 1.807) is 25.4 Å². The molecule has 2 aromatic rings. The summed E-state index contributed by atoms with van der Waals surface area (Å²) in [5.41, 5.74) is 1.77. The zero-order chi connectivity index (χ0) is 20.6. The van der Waals surface area contributed by atoms with Gasteiger partial charge < -0.3 is 19.7 Å². The summed E-state index contributed by atoms with van der Waals surface area (Å²) in [6.45, 7) is 4.53. The standard InChI is InChI=1S/C21H24N4O4/c1-4-9-21(2)17-13(11-29-21)10-22-18(24-17)19(26)23-14-12-28-16-8-6-5-7-15(16)25(3)20(14)27/h5-8,10,14H,4,9,11-12H2,1-3H3,(H,23,26)/t14-,21?/m0/s1. The molecule has 1 aromatic carbocycles. The van der Waals surface area contributed by atoms with E-state index in [9.17, 15) is 9.59 Å². The van der Waals surface area contributed by atoms with Crippen LogP contribution in [0.5, 0.6) is 5.75 Å². The normalized spacial score (nSPS) is 23.1. The summed E-state index contributed by atoms with van der Waals surface area (Å²) in [5.74, 6) is -0.154. The van der Waals surface area contributed by atoms with E-state index in [0.29, 0.717) is 18.0 Å². The number of aromatic nitrogens is 2. The van der Waals surface area contributed by atoms with Crippen molar-refractivity contribution in [2.75, 3.05) is 18.6 Å². The Morgan fingerprint density at radius 2 is 2.17 bits per heavy atom. The lowest BCUT2D eigenvalue weighted by Crippen LogP contribution is -2.49. The maximum atomic E-state index is 12.8. The van der Waals surface area contributed by atoms with E-state index in [2.05, 4.69) is 22.2 Å². The molecule has 2 aliphatic rings. The molecule has 152 valence electrons. The third kappa shape index (κ3) is 3.44. The molecule has 0 fully saturated rings. The molecule has 4 rings (SSSR count). The first-order valence-corrected chi connectivity index (χ1v) is 9.73. The number of anilines is 1. The summed E-state index contributed by atoms with van der Waals surface area (Å²) in [6.07, 6.45) is 3.36. The number of nitrogens with zero attached hydrogens (tertiary/aromatic N) is 3. The lowest BCUT2D eigenvalue weighted by atomic mass is 9.95. The smallest absolute Gasteiger partial charge is 0.289 e. The third-order valence-electron chi connectivity index (χ3n) is 5.41. The van der Waals surface area contributed by atoms with Crippen molar-refractivity contribution in [1.82, 2.24) is 15.3 Å². The first-order valence-electron chi connectivity index (χ1n) is 9.73. The first kappa shape index (κ1) is 19.3. The lowest BCUT2D eigenvalue weighted by molar-refractivity contribution is -0.120. The highest BCUT2D eigenvalue weighted by atomic mass is 16.5. The van der Waals surface area contributed by atoms with Gasteiger partial charge in [0, 0.05) is 18.8 Å². The van der Waals surface area contributed by atoms with Gasteiger partial charge in [-0.25, -0.2) is 9.97 Å². The number of carbonyl (C=O) groups is 2. The van der Waals surface area contributed by atoms with Crippen LogP contribution in [0.25, 0.3) is 0 Å². The molecule has 3 heterocycles. The van der Waals surface area contributed by atoms with Crippen LogP contribution in [0.3, 0.4) is 0 Å². The summed E-state index contributed by atoms with van der Waals surface area (Å²) in [6, 6.07) is 6.43. The van der Waals surface area contributed by atoms with Gasteiger partial charge in [0.2, 0.25) is 5.82 Å². The van der Waals surface area contributed by atoms with Crippen molar-refractivity contribution in [2.45, 2.75) is 44.9 Å². The highest BCUT2D eigenvalue weighted by Crippen LogP contribution is 2.38. The number of likely N-dealkylation sites (N-methyl/N-ethyl adjacent to an activating group) is 1. The van der Waals surface area contributed by atoms with Gasteiger partial charge in [-0.05, 0) is 25.5 Å². The molecule has 2 aliphatic heterocycles. The quantitative estimate of drug-likeness (QED) is 0.851. The minimum atomic E-state index is -0.838. The second-order valence-electron chi connectivity index (χ2n) is 7.54. The molecule has 8 nitrogen and oxygen atoms in total. The minimum absolute atomic E-state index is 0.0220. The number of ether oxygens (including phenoxy) is 2. The summed E-state index contributed by atoms with van der Waals surface area (Å²) in [4.78, 5) is 35.8. The van der Waals surface area contributed by atoms with E-state index in [1.807, 2.05) is 19.1 Å². The number of benzene rings is 1. The zero-order valence-corrected chi connectivity index (χ0v) is 16.8. The highest BCUT2D eigenvalue weighted by molar-refractivity contribution is 6.02. The molecule has 1 aromatic heterocycles. The van der Waals surface area contributed by atoms with Gasteiger partial charge >= 0.3 is 0 Å². The molecule has 0 saturated heterocycles. The maximum absolute atomic E-state index is 12.8. The number of nitrogens with one attached hydrogen (secondary N) is 1. The van der Waals surface area contributed by atoms with E-state index in [0.717, 1.165) is 24.1 Å². The monoisotopic (exact) mass is 396 g/mol. The van der Waals surface area contributed by atoms with Crippen molar-refractivity contribution in [3.05, 3.63) is 47.5 Å². The Balaban J connectivity index is 1.54. The molecule has 0 spiro atoms. The van der Waals surface area contributed by atoms with Crippen molar-refractivity contribution >= 4 is 17.5 Å². The summed E-state index contributed by atoms with van der Waals surface area (Å²) >= 11 is 0. The average Bonchev–Trinajstić information content (AvgIpc) is 3.00. The first-order chi connectivity index (χ1) is 13.9. The van der Waals surface area contributed by atoms with Crippen molar-refractivity contribution in [2.24, 2.45) is 0 Å². The van der Waals surface area contributed by atoms with Crippen LogP contribution in [0.4, 0.5) is 5.69 Å². The van der Waals surface area contributed by atoms with Crippen LogP contribution in [0.1, 0.15) is 48.6 Å². The fraction of sp³-hybridized carbons (Fsp3) is 0.429. The molecular formula is C21H24N4O4. The van der Waals surface area contributed by atoms with E-state index in [4.69, 9.17) is 9.47 Å². The van der Waals surface area contributed by atoms with Gasteiger partial charge in [0.15, 0.2) is 0 Å². The van der Waals surface area contributed by atoms with E-state index in [1.165, 1.54) is 4.90 Å². The Morgan fingerprint density at radius 3 is 2.97 bits per heavy atom. The Labute approximate surface area is 169 Å². The van der Waals surface area contributed by atoms with Crippen molar-refractivity contribution in [3.63, 3.8) is 0 Å². The fourth-order valence-electron chi connectivity index (χ4n) is 3.83. The predicted octanol–water partition coefficient (Wildman–Crippen LogP) is 2.18. The Morgan fingerprint density at radius 1 is 1.38 bits per heavy atom. The van der Waals surface area contributed by atoms with Gasteiger partial charge in [-0.15, -0.1) is 0 Å². The van der Waals surface area contributed by atoms with Crippen LogP contribution in [-0.2, 0) is 21.7 Å². The largest absolute Gasteiger partial charge is 0.489 e.